The molecule has 6 nitrogen and oxygen atoms in total. The van der Waals surface area contributed by atoms with Gasteiger partial charge in [0, 0.05) is 43.6 Å². The number of nitrogens with zero attached hydrogens (tertiary/aromatic N) is 3. The predicted octanol–water partition coefficient (Wildman–Crippen LogP) is 2.08. The normalized spacial score (nSPS) is 17.4. The molecule has 3 rings (SSSR count). The maximum absolute atomic E-state index is 13.5. The third-order valence-electron chi connectivity index (χ3n) is 3.99. The van der Waals surface area contributed by atoms with Crippen LogP contribution in [-0.2, 0) is 6.54 Å². The largest absolute Gasteiger partial charge is 0.339 e. The van der Waals surface area contributed by atoms with E-state index in [2.05, 4.69) is 25.5 Å². The van der Waals surface area contributed by atoms with Gasteiger partial charge in [-0.05, 0) is 25.0 Å². The number of piperidine rings is 1. The summed E-state index contributed by atoms with van der Waals surface area (Å²) in [5, 5.41) is 5.64. The van der Waals surface area contributed by atoms with Crippen LogP contribution in [0.25, 0.3) is 0 Å². The summed E-state index contributed by atoms with van der Waals surface area (Å²) in [4.78, 5) is 22.6. The van der Waals surface area contributed by atoms with Gasteiger partial charge in [-0.2, -0.15) is 0 Å². The lowest BCUT2D eigenvalue weighted by molar-refractivity contribution is 0.234. The van der Waals surface area contributed by atoms with E-state index in [1.54, 1.807) is 36.7 Å². The number of amides is 2. The highest BCUT2D eigenvalue weighted by molar-refractivity contribution is 5.74. The van der Waals surface area contributed by atoms with Crippen LogP contribution >= 0.6 is 0 Å². The molecule has 1 aromatic heterocycles. The number of nitrogens with one attached hydrogen (secondary N) is 2. The summed E-state index contributed by atoms with van der Waals surface area (Å²) >= 11 is 0. The summed E-state index contributed by atoms with van der Waals surface area (Å²) in [6.45, 7) is 1.70. The zero-order valence-electron chi connectivity index (χ0n) is 13.3. The minimum atomic E-state index is -0.317. The zero-order chi connectivity index (χ0) is 16.8. The summed E-state index contributed by atoms with van der Waals surface area (Å²) in [7, 11) is 0. The Labute approximate surface area is 140 Å². The van der Waals surface area contributed by atoms with Crippen molar-refractivity contribution in [2.24, 2.45) is 0 Å². The number of halogens is 1. The number of rotatable bonds is 4. The van der Waals surface area contributed by atoms with Crippen molar-refractivity contribution in [2.45, 2.75) is 25.4 Å². The highest BCUT2D eigenvalue weighted by Crippen LogP contribution is 2.15. The molecule has 0 radical (unpaired) electrons. The Kier molecular flexibility index (Phi) is 5.20. The monoisotopic (exact) mass is 329 g/mol. The molecular weight excluding hydrogens is 309 g/mol. The topological polar surface area (TPSA) is 70.2 Å². The van der Waals surface area contributed by atoms with Crippen LogP contribution in [-0.4, -0.2) is 35.1 Å². The lowest BCUT2D eigenvalue weighted by atomic mass is 10.1. The van der Waals surface area contributed by atoms with Gasteiger partial charge < -0.3 is 15.5 Å². The molecule has 1 aliphatic rings. The van der Waals surface area contributed by atoms with Crippen molar-refractivity contribution >= 4 is 12.0 Å². The molecule has 7 heteroatoms. The number of hydrogen-bond acceptors (Lipinski definition) is 4. The molecule has 24 heavy (non-hydrogen) atoms. The van der Waals surface area contributed by atoms with Crippen molar-refractivity contribution in [1.82, 2.24) is 20.6 Å². The Bertz CT molecular complexity index is 682. The molecule has 1 aromatic carbocycles. The molecular formula is C17H20FN5O. The lowest BCUT2D eigenvalue weighted by Crippen LogP contribution is -2.50. The van der Waals surface area contributed by atoms with Crippen molar-refractivity contribution < 1.29 is 9.18 Å². The third kappa shape index (κ3) is 4.18. The van der Waals surface area contributed by atoms with Gasteiger partial charge in [0.15, 0.2) is 0 Å². The molecule has 2 amide bonds. The molecule has 0 unspecified atom stereocenters. The average molecular weight is 329 g/mol. The fraction of sp³-hybridized carbons (Fsp3) is 0.353. The van der Waals surface area contributed by atoms with Crippen LogP contribution in [0.2, 0.25) is 0 Å². The zero-order valence-corrected chi connectivity index (χ0v) is 13.3. The quantitative estimate of drug-likeness (QED) is 0.901. The van der Waals surface area contributed by atoms with Gasteiger partial charge in [-0.1, -0.05) is 18.2 Å². The van der Waals surface area contributed by atoms with Crippen molar-refractivity contribution in [2.75, 3.05) is 18.0 Å². The molecule has 1 saturated heterocycles. The number of benzene rings is 1. The van der Waals surface area contributed by atoms with Crippen LogP contribution in [0.15, 0.2) is 42.7 Å². The molecule has 0 aliphatic carbocycles. The van der Waals surface area contributed by atoms with E-state index in [-0.39, 0.29) is 24.4 Å². The second-order valence-electron chi connectivity index (χ2n) is 5.75. The van der Waals surface area contributed by atoms with Gasteiger partial charge in [-0.15, -0.1) is 0 Å². The van der Waals surface area contributed by atoms with Gasteiger partial charge in [0.25, 0.3) is 0 Å². The average Bonchev–Trinajstić information content (AvgIpc) is 2.62. The van der Waals surface area contributed by atoms with Crippen LogP contribution in [0, 0.1) is 5.82 Å². The Morgan fingerprint density at radius 2 is 2.04 bits per heavy atom. The molecule has 2 N–H and O–H groups in total. The number of anilines is 1. The van der Waals surface area contributed by atoms with Gasteiger partial charge >= 0.3 is 6.03 Å². The van der Waals surface area contributed by atoms with Gasteiger partial charge in [0.05, 0.1) is 0 Å². The van der Waals surface area contributed by atoms with E-state index in [0.29, 0.717) is 18.1 Å². The summed E-state index contributed by atoms with van der Waals surface area (Å²) in [5.41, 5.74) is 0.468. The van der Waals surface area contributed by atoms with E-state index in [1.807, 2.05) is 0 Å². The molecule has 1 aliphatic heterocycles. The van der Waals surface area contributed by atoms with E-state index in [1.165, 1.54) is 6.07 Å². The van der Waals surface area contributed by atoms with Crippen molar-refractivity contribution in [1.29, 1.82) is 0 Å². The van der Waals surface area contributed by atoms with E-state index in [9.17, 15) is 9.18 Å². The van der Waals surface area contributed by atoms with Crippen LogP contribution < -0.4 is 15.5 Å². The summed E-state index contributed by atoms with van der Waals surface area (Å²) < 4.78 is 13.5. The number of hydrogen-bond donors (Lipinski definition) is 2. The Morgan fingerprint density at radius 1 is 1.25 bits per heavy atom. The van der Waals surface area contributed by atoms with E-state index in [4.69, 9.17) is 0 Å². The number of carbonyl (C=O) groups is 1. The summed E-state index contributed by atoms with van der Waals surface area (Å²) in [6, 6.07) is 7.91. The number of urea groups is 1. The fourth-order valence-electron chi connectivity index (χ4n) is 2.78. The van der Waals surface area contributed by atoms with Gasteiger partial charge in [-0.3, -0.25) is 0 Å². The molecule has 1 fully saturated rings. The Balaban J connectivity index is 1.50. The fourth-order valence-corrected chi connectivity index (χ4v) is 2.78. The maximum atomic E-state index is 13.5. The van der Waals surface area contributed by atoms with Crippen molar-refractivity contribution in [3.05, 3.63) is 54.1 Å². The smallest absolute Gasteiger partial charge is 0.315 e. The molecule has 1 atom stereocenters. The highest BCUT2D eigenvalue weighted by Gasteiger charge is 2.22. The van der Waals surface area contributed by atoms with Crippen molar-refractivity contribution in [3.8, 4) is 0 Å². The third-order valence-corrected chi connectivity index (χ3v) is 3.99. The van der Waals surface area contributed by atoms with E-state index >= 15 is 0 Å². The van der Waals surface area contributed by atoms with Crippen LogP contribution in [0.5, 0.6) is 0 Å². The van der Waals surface area contributed by atoms with Gasteiger partial charge in [0.1, 0.15) is 5.82 Å². The molecule has 0 saturated carbocycles. The second-order valence-corrected chi connectivity index (χ2v) is 5.75. The summed E-state index contributed by atoms with van der Waals surface area (Å²) in [5.74, 6) is 0.360. The lowest BCUT2D eigenvalue weighted by Gasteiger charge is -2.33. The Hall–Kier alpha value is -2.70. The van der Waals surface area contributed by atoms with Gasteiger partial charge in [-0.25, -0.2) is 19.2 Å². The predicted molar refractivity (Wildman–Crippen MR) is 89.0 cm³/mol. The SMILES string of the molecule is O=C(NCc1ccccc1F)N[C@H]1CCCN(c2ncccn2)C1. The summed E-state index contributed by atoms with van der Waals surface area (Å²) in [6.07, 6.45) is 5.27. The Morgan fingerprint density at radius 3 is 2.83 bits per heavy atom. The molecule has 0 bridgehead atoms. The molecule has 0 spiro atoms. The molecule has 2 heterocycles. The first kappa shape index (κ1) is 16.2. The highest BCUT2D eigenvalue weighted by atomic mass is 19.1. The van der Waals surface area contributed by atoms with Gasteiger partial charge in [0.2, 0.25) is 5.95 Å². The first-order chi connectivity index (χ1) is 11.7. The number of aromatic nitrogens is 2. The molecule has 2 aromatic rings. The van der Waals surface area contributed by atoms with Crippen molar-refractivity contribution in [3.63, 3.8) is 0 Å². The second kappa shape index (κ2) is 7.72. The standard InChI is InChI=1S/C17H20FN5O/c18-15-7-2-1-5-13(15)11-21-17(24)22-14-6-3-10-23(12-14)16-19-8-4-9-20-16/h1-2,4-5,7-9,14H,3,6,10-12H2,(H2,21,22,24)/t14-/m0/s1. The first-order valence-electron chi connectivity index (χ1n) is 8.02. The molecule has 126 valence electrons. The van der Waals surface area contributed by atoms with E-state index < -0.39 is 0 Å². The van der Waals surface area contributed by atoms with Crippen LogP contribution in [0.1, 0.15) is 18.4 Å². The van der Waals surface area contributed by atoms with Crippen LogP contribution in [0.3, 0.4) is 0 Å². The van der Waals surface area contributed by atoms with E-state index in [0.717, 1.165) is 19.4 Å². The maximum Gasteiger partial charge on any atom is 0.315 e. The minimum Gasteiger partial charge on any atom is -0.339 e. The minimum absolute atomic E-state index is 0.0168. The number of carbonyl (C=O) groups excluding carboxylic acids is 1. The van der Waals surface area contributed by atoms with Crippen LogP contribution in [0.4, 0.5) is 15.1 Å². The first-order valence-corrected chi connectivity index (χ1v) is 8.02.